The van der Waals surface area contributed by atoms with Crippen molar-refractivity contribution in [3.05, 3.63) is 24.0 Å². The van der Waals surface area contributed by atoms with Gasteiger partial charge in [0.2, 0.25) is 0 Å². The van der Waals surface area contributed by atoms with Crippen LogP contribution in [0.3, 0.4) is 0 Å². The van der Waals surface area contributed by atoms with Gasteiger partial charge in [-0.3, -0.25) is 9.69 Å². The Labute approximate surface area is 103 Å². The molecule has 0 amide bonds. The molecule has 0 bridgehead atoms. The molecule has 0 spiro atoms. The number of nitrogens with zero attached hydrogens (tertiary/aromatic N) is 2. The maximum atomic E-state index is 12.1. The summed E-state index contributed by atoms with van der Waals surface area (Å²) < 4.78 is 1.90. The molecule has 3 heteroatoms. The largest absolute Gasteiger partial charge is 0.348 e. The predicted octanol–water partition coefficient (Wildman–Crippen LogP) is 2.33. The molecule has 3 nitrogen and oxygen atoms in total. The molecule has 1 fully saturated rings. The molecule has 1 atom stereocenters. The van der Waals surface area contributed by atoms with Crippen LogP contribution in [0, 0.1) is 5.92 Å². The van der Waals surface area contributed by atoms with Gasteiger partial charge in [0.05, 0.1) is 12.2 Å². The second-order valence-corrected chi connectivity index (χ2v) is 5.11. The Kier molecular flexibility index (Phi) is 4.00. The second-order valence-electron chi connectivity index (χ2n) is 5.11. The molecule has 2 rings (SSSR count). The summed E-state index contributed by atoms with van der Waals surface area (Å²) in [7, 11) is 1.93. The fraction of sp³-hybridized carbons (Fsp3) is 0.643. The third kappa shape index (κ3) is 2.97. The minimum absolute atomic E-state index is 0.245. The average Bonchev–Trinajstić information content (AvgIpc) is 2.88. The zero-order valence-electron chi connectivity index (χ0n) is 10.9. The average molecular weight is 234 g/mol. The van der Waals surface area contributed by atoms with Gasteiger partial charge in [0.15, 0.2) is 5.78 Å². The summed E-state index contributed by atoms with van der Waals surface area (Å²) in [5.74, 6) is 1.05. The fourth-order valence-electron chi connectivity index (χ4n) is 2.74. The smallest absolute Gasteiger partial charge is 0.193 e. The third-order valence-electron chi connectivity index (χ3n) is 3.66. The molecule has 0 saturated carbocycles. The monoisotopic (exact) mass is 234 g/mol. The van der Waals surface area contributed by atoms with Crippen molar-refractivity contribution < 1.29 is 4.79 Å². The fourth-order valence-corrected chi connectivity index (χ4v) is 2.74. The molecule has 1 aliphatic heterocycles. The molecular weight excluding hydrogens is 212 g/mol. The summed E-state index contributed by atoms with van der Waals surface area (Å²) in [6, 6.07) is 3.83. The lowest BCUT2D eigenvalue weighted by atomic mass is 10.0. The van der Waals surface area contributed by atoms with Gasteiger partial charge in [-0.05, 0) is 37.4 Å². The van der Waals surface area contributed by atoms with Crippen molar-refractivity contribution in [3.8, 4) is 0 Å². The van der Waals surface area contributed by atoms with Crippen LogP contribution in [-0.4, -0.2) is 34.9 Å². The van der Waals surface area contributed by atoms with Crippen molar-refractivity contribution in [2.45, 2.75) is 26.2 Å². The van der Waals surface area contributed by atoms with E-state index in [2.05, 4.69) is 11.8 Å². The van der Waals surface area contributed by atoms with Crippen LogP contribution in [0.2, 0.25) is 0 Å². The number of hydrogen-bond donors (Lipinski definition) is 0. The van der Waals surface area contributed by atoms with E-state index in [1.165, 1.54) is 19.3 Å². The number of carbonyl (C=O) groups excluding carboxylic acids is 1. The summed E-state index contributed by atoms with van der Waals surface area (Å²) in [4.78, 5) is 14.4. The van der Waals surface area contributed by atoms with E-state index < -0.39 is 0 Å². The van der Waals surface area contributed by atoms with E-state index in [0.29, 0.717) is 6.54 Å². The minimum atomic E-state index is 0.245. The maximum absolute atomic E-state index is 12.1. The molecule has 2 heterocycles. The number of rotatable bonds is 5. The first-order chi connectivity index (χ1) is 8.20. The van der Waals surface area contributed by atoms with Gasteiger partial charge in [-0.25, -0.2) is 0 Å². The molecule has 1 unspecified atom stereocenters. The number of Topliss-reactive ketones (excluding diaryl/α,β-unsaturated/α-hetero) is 1. The Balaban J connectivity index is 1.86. The molecular formula is C14H22N2O. The van der Waals surface area contributed by atoms with Crippen molar-refractivity contribution in [3.63, 3.8) is 0 Å². The highest BCUT2D eigenvalue weighted by Crippen LogP contribution is 2.20. The van der Waals surface area contributed by atoms with Crippen LogP contribution >= 0.6 is 0 Å². The highest BCUT2D eigenvalue weighted by molar-refractivity contribution is 5.96. The standard InChI is InChI=1S/C14H22N2O/c1-3-5-12-7-9-16(10-12)11-14(17)13-6-4-8-15(13)2/h4,6,8,12H,3,5,7,9-11H2,1-2H3. The van der Waals surface area contributed by atoms with Crippen molar-refractivity contribution in [2.75, 3.05) is 19.6 Å². The molecule has 1 aromatic heterocycles. The predicted molar refractivity (Wildman–Crippen MR) is 69.2 cm³/mol. The summed E-state index contributed by atoms with van der Waals surface area (Å²) in [6.07, 6.45) is 5.74. The van der Waals surface area contributed by atoms with Gasteiger partial charge in [-0.15, -0.1) is 0 Å². The molecule has 1 saturated heterocycles. The number of aryl methyl sites for hydroxylation is 1. The quantitative estimate of drug-likeness (QED) is 0.731. The Morgan fingerprint density at radius 1 is 1.53 bits per heavy atom. The first-order valence-electron chi connectivity index (χ1n) is 6.57. The molecule has 0 aromatic carbocycles. The SMILES string of the molecule is CCCC1CCN(CC(=O)c2cccn2C)C1. The van der Waals surface area contributed by atoms with Gasteiger partial charge in [0.25, 0.3) is 0 Å². The first-order valence-corrected chi connectivity index (χ1v) is 6.57. The van der Waals surface area contributed by atoms with Crippen LogP contribution in [0.15, 0.2) is 18.3 Å². The van der Waals surface area contributed by atoms with E-state index >= 15 is 0 Å². The van der Waals surface area contributed by atoms with E-state index in [0.717, 1.165) is 24.7 Å². The van der Waals surface area contributed by atoms with Crippen LogP contribution in [0.1, 0.15) is 36.7 Å². The second kappa shape index (κ2) is 5.50. The summed E-state index contributed by atoms with van der Waals surface area (Å²) in [5.41, 5.74) is 0.823. The highest BCUT2D eigenvalue weighted by Gasteiger charge is 2.24. The van der Waals surface area contributed by atoms with Crippen molar-refractivity contribution >= 4 is 5.78 Å². The van der Waals surface area contributed by atoms with E-state index in [4.69, 9.17) is 0 Å². The summed E-state index contributed by atoms with van der Waals surface area (Å²) in [6.45, 7) is 5.00. The Bertz CT molecular complexity index is 383. The van der Waals surface area contributed by atoms with Crippen LogP contribution in [-0.2, 0) is 7.05 Å². The molecule has 0 aliphatic carbocycles. The normalized spacial score (nSPS) is 20.9. The van der Waals surface area contributed by atoms with Gasteiger partial charge in [0.1, 0.15) is 0 Å². The van der Waals surface area contributed by atoms with Crippen molar-refractivity contribution in [1.82, 2.24) is 9.47 Å². The maximum Gasteiger partial charge on any atom is 0.193 e. The van der Waals surface area contributed by atoms with E-state index in [1.807, 2.05) is 29.9 Å². The lowest BCUT2D eigenvalue weighted by molar-refractivity contribution is 0.0935. The van der Waals surface area contributed by atoms with Crippen LogP contribution in [0.5, 0.6) is 0 Å². The van der Waals surface area contributed by atoms with E-state index in [-0.39, 0.29) is 5.78 Å². The van der Waals surface area contributed by atoms with Crippen LogP contribution in [0.4, 0.5) is 0 Å². The van der Waals surface area contributed by atoms with Crippen molar-refractivity contribution in [1.29, 1.82) is 0 Å². The molecule has 0 radical (unpaired) electrons. The molecule has 17 heavy (non-hydrogen) atoms. The zero-order valence-corrected chi connectivity index (χ0v) is 10.9. The van der Waals surface area contributed by atoms with Gasteiger partial charge in [-0.2, -0.15) is 0 Å². The lowest BCUT2D eigenvalue weighted by Crippen LogP contribution is -2.28. The number of ketones is 1. The molecule has 0 N–H and O–H groups in total. The lowest BCUT2D eigenvalue weighted by Gasteiger charge is -2.15. The Morgan fingerprint density at radius 2 is 2.35 bits per heavy atom. The van der Waals surface area contributed by atoms with Crippen molar-refractivity contribution in [2.24, 2.45) is 13.0 Å². The van der Waals surface area contributed by atoms with Gasteiger partial charge >= 0.3 is 0 Å². The van der Waals surface area contributed by atoms with Gasteiger partial charge in [0, 0.05) is 19.8 Å². The topological polar surface area (TPSA) is 25.2 Å². The van der Waals surface area contributed by atoms with Crippen LogP contribution in [0.25, 0.3) is 0 Å². The van der Waals surface area contributed by atoms with Gasteiger partial charge < -0.3 is 4.57 Å². The van der Waals surface area contributed by atoms with Crippen LogP contribution < -0.4 is 0 Å². The Hall–Kier alpha value is -1.09. The first kappa shape index (κ1) is 12.4. The van der Waals surface area contributed by atoms with E-state index in [1.54, 1.807) is 0 Å². The van der Waals surface area contributed by atoms with Gasteiger partial charge in [-0.1, -0.05) is 13.3 Å². The molecule has 1 aromatic rings. The highest BCUT2D eigenvalue weighted by atomic mass is 16.1. The third-order valence-corrected chi connectivity index (χ3v) is 3.66. The number of hydrogen-bond acceptors (Lipinski definition) is 2. The summed E-state index contributed by atoms with van der Waals surface area (Å²) >= 11 is 0. The zero-order chi connectivity index (χ0) is 12.3. The number of carbonyl (C=O) groups is 1. The molecule has 94 valence electrons. The Morgan fingerprint density at radius 3 is 3.00 bits per heavy atom. The summed E-state index contributed by atoms with van der Waals surface area (Å²) in [5, 5.41) is 0. The molecule has 1 aliphatic rings. The minimum Gasteiger partial charge on any atom is -0.348 e. The number of likely N-dealkylation sites (tertiary alicyclic amines) is 1. The van der Waals surface area contributed by atoms with E-state index in [9.17, 15) is 4.79 Å². The number of aromatic nitrogens is 1.